The van der Waals surface area contributed by atoms with E-state index in [-0.39, 0.29) is 5.91 Å². The van der Waals surface area contributed by atoms with Crippen molar-refractivity contribution in [3.05, 3.63) is 28.1 Å². The molecular formula is C18H17N5O3S. The van der Waals surface area contributed by atoms with Crippen molar-refractivity contribution in [2.45, 2.75) is 20.3 Å². The number of nitriles is 2. The zero-order valence-corrected chi connectivity index (χ0v) is 16.1. The summed E-state index contributed by atoms with van der Waals surface area (Å²) in [5.74, 6) is 0.649. The minimum absolute atomic E-state index is 0.199. The van der Waals surface area contributed by atoms with Crippen LogP contribution < -0.4 is 14.8 Å². The number of thiophene rings is 1. The van der Waals surface area contributed by atoms with E-state index in [0.29, 0.717) is 50.3 Å². The molecule has 27 heavy (non-hydrogen) atoms. The van der Waals surface area contributed by atoms with Gasteiger partial charge in [-0.15, -0.1) is 21.6 Å². The number of rotatable bonds is 6. The Morgan fingerprint density at radius 2 is 1.85 bits per heavy atom. The lowest BCUT2D eigenvalue weighted by Gasteiger charge is -2.12. The highest BCUT2D eigenvalue weighted by Crippen LogP contribution is 2.40. The second kappa shape index (κ2) is 8.79. The van der Waals surface area contributed by atoms with Gasteiger partial charge in [-0.1, -0.05) is 6.92 Å². The number of hydrogen-bond donors (Lipinski definition) is 1. The van der Waals surface area contributed by atoms with Gasteiger partial charge in [-0.2, -0.15) is 10.5 Å². The van der Waals surface area contributed by atoms with Gasteiger partial charge >= 0.3 is 0 Å². The zero-order valence-electron chi connectivity index (χ0n) is 15.3. The third-order valence-corrected chi connectivity index (χ3v) is 4.77. The van der Waals surface area contributed by atoms with Gasteiger partial charge in [-0.05, 0) is 12.5 Å². The summed E-state index contributed by atoms with van der Waals surface area (Å²) in [6.45, 7) is 3.42. The molecule has 2 rings (SSSR count). The molecule has 0 bridgehead atoms. The van der Waals surface area contributed by atoms with Crippen LogP contribution in [0.5, 0.6) is 11.5 Å². The largest absolute Gasteiger partial charge is 0.493 e. The van der Waals surface area contributed by atoms with E-state index < -0.39 is 0 Å². The first-order valence-electron chi connectivity index (χ1n) is 7.90. The second-order valence-electron chi connectivity index (χ2n) is 5.29. The first-order valence-corrected chi connectivity index (χ1v) is 8.71. The van der Waals surface area contributed by atoms with Crippen molar-refractivity contribution in [1.82, 2.24) is 0 Å². The van der Waals surface area contributed by atoms with Gasteiger partial charge < -0.3 is 14.8 Å². The number of hydrogen-bond acceptors (Lipinski definition) is 8. The highest BCUT2D eigenvalue weighted by molar-refractivity contribution is 7.16. The maximum atomic E-state index is 11.8. The molecule has 0 saturated carbocycles. The van der Waals surface area contributed by atoms with E-state index in [1.807, 2.05) is 12.1 Å². The monoisotopic (exact) mass is 383 g/mol. The van der Waals surface area contributed by atoms with E-state index in [4.69, 9.17) is 14.7 Å². The van der Waals surface area contributed by atoms with Crippen LogP contribution in [0.3, 0.4) is 0 Å². The number of carbonyl (C=O) groups is 1. The lowest BCUT2D eigenvalue weighted by atomic mass is 10.2. The first kappa shape index (κ1) is 19.9. The predicted octanol–water partition coefficient (Wildman–Crippen LogP) is 4.58. The molecule has 0 atom stereocenters. The quantitative estimate of drug-likeness (QED) is 0.732. The number of methoxy groups -OCH3 is 2. The highest BCUT2D eigenvalue weighted by Gasteiger charge is 2.16. The molecule has 0 aliphatic rings. The number of carbonyl (C=O) groups excluding carboxylic acids is 1. The molecular weight excluding hydrogens is 366 g/mol. The lowest BCUT2D eigenvalue weighted by Crippen LogP contribution is -2.09. The maximum Gasteiger partial charge on any atom is 0.224 e. The van der Waals surface area contributed by atoms with Crippen LogP contribution in [0.2, 0.25) is 0 Å². The molecule has 1 N–H and O–H groups in total. The fourth-order valence-corrected chi connectivity index (χ4v) is 3.07. The minimum atomic E-state index is -0.199. The Morgan fingerprint density at radius 1 is 1.19 bits per heavy atom. The smallest absolute Gasteiger partial charge is 0.224 e. The highest BCUT2D eigenvalue weighted by atomic mass is 32.1. The molecule has 0 spiro atoms. The molecule has 0 fully saturated rings. The van der Waals surface area contributed by atoms with Crippen molar-refractivity contribution in [2.75, 3.05) is 19.5 Å². The molecule has 9 heteroatoms. The van der Waals surface area contributed by atoms with Crippen molar-refractivity contribution in [3.63, 3.8) is 0 Å². The first-order chi connectivity index (χ1) is 13.0. The molecule has 0 aliphatic heterocycles. The van der Waals surface area contributed by atoms with E-state index in [1.165, 1.54) is 14.2 Å². The molecule has 8 nitrogen and oxygen atoms in total. The summed E-state index contributed by atoms with van der Waals surface area (Å²) < 4.78 is 10.5. The summed E-state index contributed by atoms with van der Waals surface area (Å²) in [6, 6.07) is 7.25. The summed E-state index contributed by atoms with van der Waals surface area (Å²) in [4.78, 5) is 12.2. The van der Waals surface area contributed by atoms with Gasteiger partial charge in [0.15, 0.2) is 16.5 Å². The Kier molecular flexibility index (Phi) is 6.47. The molecule has 1 aromatic carbocycles. The van der Waals surface area contributed by atoms with Crippen LogP contribution in [-0.2, 0) is 4.79 Å². The maximum absolute atomic E-state index is 11.8. The van der Waals surface area contributed by atoms with Gasteiger partial charge in [0.2, 0.25) is 5.91 Å². The zero-order chi connectivity index (χ0) is 20.0. The van der Waals surface area contributed by atoms with Crippen LogP contribution in [0.15, 0.2) is 22.4 Å². The summed E-state index contributed by atoms with van der Waals surface area (Å²) in [5, 5.41) is 29.8. The van der Waals surface area contributed by atoms with Gasteiger partial charge in [0.1, 0.15) is 22.7 Å². The molecule has 1 heterocycles. The van der Waals surface area contributed by atoms with Crippen LogP contribution >= 0.6 is 11.3 Å². The number of anilines is 1. The Hall–Kier alpha value is -3.43. The number of ether oxygens (including phenoxy) is 2. The molecule has 1 aromatic heterocycles. The van der Waals surface area contributed by atoms with E-state index in [0.717, 1.165) is 11.3 Å². The molecule has 0 unspecified atom stereocenters. The molecule has 138 valence electrons. The van der Waals surface area contributed by atoms with Crippen molar-refractivity contribution in [3.8, 4) is 23.6 Å². The normalized spacial score (nSPS) is 10.3. The van der Waals surface area contributed by atoms with Crippen LogP contribution in [0.1, 0.15) is 29.3 Å². The summed E-state index contributed by atoms with van der Waals surface area (Å²) in [7, 11) is 2.97. The van der Waals surface area contributed by atoms with Crippen molar-refractivity contribution in [1.29, 1.82) is 10.5 Å². The Morgan fingerprint density at radius 3 is 2.41 bits per heavy atom. The Bertz CT molecular complexity index is 982. The SMILES string of the molecule is CCC(=O)Nc1cc(OC)c(OC)cc1N=Nc1sc(C#N)c(C)c1C#N. The van der Waals surface area contributed by atoms with Crippen LogP contribution in [0.4, 0.5) is 16.4 Å². The molecule has 0 aliphatic carbocycles. The van der Waals surface area contributed by atoms with Crippen LogP contribution in [0.25, 0.3) is 0 Å². The summed E-state index contributed by atoms with van der Waals surface area (Å²) >= 11 is 1.08. The van der Waals surface area contributed by atoms with Gasteiger partial charge in [-0.3, -0.25) is 4.79 Å². The minimum Gasteiger partial charge on any atom is -0.493 e. The van der Waals surface area contributed by atoms with E-state index in [2.05, 4.69) is 15.5 Å². The van der Waals surface area contributed by atoms with Crippen molar-refractivity contribution < 1.29 is 14.3 Å². The van der Waals surface area contributed by atoms with Crippen molar-refractivity contribution >= 4 is 33.6 Å². The molecule has 0 radical (unpaired) electrons. The molecule has 0 saturated heterocycles. The summed E-state index contributed by atoms with van der Waals surface area (Å²) in [5.41, 5.74) is 1.61. The number of amides is 1. The van der Waals surface area contributed by atoms with E-state index in [9.17, 15) is 10.1 Å². The van der Waals surface area contributed by atoms with Crippen molar-refractivity contribution in [2.24, 2.45) is 10.2 Å². The Labute approximate surface area is 160 Å². The topological polar surface area (TPSA) is 120 Å². The third-order valence-electron chi connectivity index (χ3n) is 3.69. The van der Waals surface area contributed by atoms with Crippen LogP contribution in [0, 0.1) is 29.6 Å². The van der Waals surface area contributed by atoms with Gasteiger partial charge in [0.05, 0.1) is 25.5 Å². The second-order valence-corrected chi connectivity index (χ2v) is 6.29. The molecule has 2 aromatic rings. The fourth-order valence-electron chi connectivity index (χ4n) is 2.20. The third kappa shape index (κ3) is 4.22. The fraction of sp³-hybridized carbons (Fsp3) is 0.278. The van der Waals surface area contributed by atoms with Gasteiger partial charge in [0.25, 0.3) is 0 Å². The average Bonchev–Trinajstić information content (AvgIpc) is 3.00. The summed E-state index contributed by atoms with van der Waals surface area (Å²) in [6.07, 6.45) is 0.291. The number of nitrogens with zero attached hydrogens (tertiary/aromatic N) is 4. The number of azo groups is 1. The number of benzene rings is 1. The average molecular weight is 383 g/mol. The Balaban J connectivity index is 2.54. The van der Waals surface area contributed by atoms with Gasteiger partial charge in [-0.25, -0.2) is 0 Å². The standard InChI is InChI=1S/C18H17N5O3S/c1-5-17(24)21-12-6-14(25-3)15(26-4)7-13(12)22-23-18-11(8-19)10(2)16(9-20)27-18/h6-7H,5H2,1-4H3,(H,21,24). The van der Waals surface area contributed by atoms with Crippen LogP contribution in [-0.4, -0.2) is 20.1 Å². The molecule has 1 amide bonds. The van der Waals surface area contributed by atoms with E-state index in [1.54, 1.807) is 26.0 Å². The lowest BCUT2D eigenvalue weighted by molar-refractivity contribution is -0.115. The van der Waals surface area contributed by atoms with Gasteiger partial charge in [0, 0.05) is 18.6 Å². The predicted molar refractivity (Wildman–Crippen MR) is 101 cm³/mol. The van der Waals surface area contributed by atoms with E-state index >= 15 is 0 Å². The number of nitrogens with one attached hydrogen (secondary N) is 1.